The van der Waals surface area contributed by atoms with Crippen LogP contribution >= 0.6 is 0 Å². The summed E-state index contributed by atoms with van der Waals surface area (Å²) in [5.41, 5.74) is 0.142. The molecule has 2 rings (SSSR count). The summed E-state index contributed by atoms with van der Waals surface area (Å²) in [6, 6.07) is 4.95. The Labute approximate surface area is 176 Å². The lowest BCUT2D eigenvalue weighted by atomic mass is 9.74. The van der Waals surface area contributed by atoms with Crippen LogP contribution in [0.4, 0.5) is 0 Å². The summed E-state index contributed by atoms with van der Waals surface area (Å²) < 4.78 is 20.9. The zero-order chi connectivity index (χ0) is 22.1. The molecular formula is C23H28O7. The van der Waals surface area contributed by atoms with Gasteiger partial charge in [-0.1, -0.05) is 18.7 Å². The summed E-state index contributed by atoms with van der Waals surface area (Å²) >= 11 is 0. The van der Waals surface area contributed by atoms with E-state index in [1.165, 1.54) is 20.1 Å². The van der Waals surface area contributed by atoms with Gasteiger partial charge in [0.05, 0.1) is 12.5 Å². The van der Waals surface area contributed by atoms with E-state index >= 15 is 0 Å². The van der Waals surface area contributed by atoms with Crippen molar-refractivity contribution in [2.75, 3.05) is 13.7 Å². The van der Waals surface area contributed by atoms with Gasteiger partial charge in [-0.15, -0.1) is 0 Å². The van der Waals surface area contributed by atoms with Crippen molar-refractivity contribution < 1.29 is 33.3 Å². The van der Waals surface area contributed by atoms with Crippen LogP contribution < -0.4 is 9.47 Å². The third-order valence-corrected chi connectivity index (χ3v) is 5.00. The number of ether oxygens (including phenoxy) is 4. The molecule has 30 heavy (non-hydrogen) atoms. The van der Waals surface area contributed by atoms with Crippen molar-refractivity contribution in [2.24, 2.45) is 5.41 Å². The van der Waals surface area contributed by atoms with E-state index in [1.54, 1.807) is 30.4 Å². The first-order valence-corrected chi connectivity index (χ1v) is 9.80. The van der Waals surface area contributed by atoms with E-state index in [9.17, 15) is 14.4 Å². The highest BCUT2D eigenvalue weighted by molar-refractivity contribution is 5.87. The average molecular weight is 416 g/mol. The molecule has 0 unspecified atom stereocenters. The van der Waals surface area contributed by atoms with Crippen molar-refractivity contribution in [3.05, 3.63) is 42.5 Å². The predicted octanol–water partition coefficient (Wildman–Crippen LogP) is 3.86. The molecule has 0 aromatic heterocycles. The van der Waals surface area contributed by atoms with Crippen LogP contribution in [0.25, 0.3) is 6.08 Å². The minimum absolute atomic E-state index is 0.199. The van der Waals surface area contributed by atoms with Crippen LogP contribution in [0.3, 0.4) is 0 Å². The molecular weight excluding hydrogens is 388 g/mol. The number of rotatable bonds is 8. The Morgan fingerprint density at radius 2 is 1.90 bits per heavy atom. The van der Waals surface area contributed by atoms with E-state index < -0.39 is 17.4 Å². The first-order valence-electron chi connectivity index (χ1n) is 9.80. The van der Waals surface area contributed by atoms with Crippen LogP contribution in [0.1, 0.15) is 45.1 Å². The Morgan fingerprint density at radius 1 is 1.20 bits per heavy atom. The Hall–Kier alpha value is -3.09. The van der Waals surface area contributed by atoms with Crippen LogP contribution in [0.15, 0.2) is 36.9 Å². The zero-order valence-corrected chi connectivity index (χ0v) is 17.6. The van der Waals surface area contributed by atoms with Gasteiger partial charge < -0.3 is 18.9 Å². The smallest absolute Gasteiger partial charge is 0.331 e. The highest BCUT2D eigenvalue weighted by Crippen LogP contribution is 2.38. The second-order valence-electron chi connectivity index (χ2n) is 7.42. The van der Waals surface area contributed by atoms with E-state index in [0.717, 1.165) is 0 Å². The third kappa shape index (κ3) is 6.47. The number of benzene rings is 1. The molecule has 0 bridgehead atoms. The lowest BCUT2D eigenvalue weighted by molar-refractivity contribution is -0.158. The Balaban J connectivity index is 1.89. The van der Waals surface area contributed by atoms with Crippen molar-refractivity contribution >= 4 is 24.0 Å². The number of hydrogen-bond acceptors (Lipinski definition) is 7. The first kappa shape index (κ1) is 23.2. The van der Waals surface area contributed by atoms with Crippen molar-refractivity contribution in [1.29, 1.82) is 0 Å². The fraction of sp³-hybridized carbons (Fsp3) is 0.435. The lowest BCUT2D eigenvalue weighted by Crippen LogP contribution is -2.37. The minimum Gasteiger partial charge on any atom is -0.493 e. The molecule has 0 heterocycles. The van der Waals surface area contributed by atoms with Gasteiger partial charge in [0, 0.05) is 13.0 Å². The van der Waals surface area contributed by atoms with E-state index in [1.807, 2.05) is 6.92 Å². The Bertz CT molecular complexity index is 817. The van der Waals surface area contributed by atoms with Gasteiger partial charge in [-0.2, -0.15) is 0 Å². The maximum Gasteiger partial charge on any atom is 0.331 e. The second-order valence-corrected chi connectivity index (χ2v) is 7.42. The van der Waals surface area contributed by atoms with E-state index in [-0.39, 0.29) is 18.7 Å². The third-order valence-electron chi connectivity index (χ3n) is 5.00. The molecule has 1 aromatic carbocycles. The number of esters is 3. The number of carbonyl (C=O) groups excluding carboxylic acids is 3. The standard InChI is InChI=1S/C23H28O7/c1-5-14-28-22(26)23(3)12-10-18(11-13-23)30-21(25)9-7-17-6-8-19(29-16(2)24)20(15-17)27-4/h5-9,15,18H,1,10-14H2,2-4H3/t18-,23-. The molecule has 0 spiro atoms. The summed E-state index contributed by atoms with van der Waals surface area (Å²) in [6.45, 7) is 6.93. The number of carbonyl (C=O) groups is 3. The first-order chi connectivity index (χ1) is 14.3. The molecule has 0 N–H and O–H groups in total. The molecule has 1 aliphatic carbocycles. The highest BCUT2D eigenvalue weighted by atomic mass is 16.6. The molecule has 1 aromatic rings. The predicted molar refractivity (Wildman–Crippen MR) is 111 cm³/mol. The van der Waals surface area contributed by atoms with Gasteiger partial charge in [0.1, 0.15) is 12.7 Å². The lowest BCUT2D eigenvalue weighted by Gasteiger charge is -2.34. The van der Waals surface area contributed by atoms with Crippen LogP contribution in [0, 0.1) is 5.41 Å². The molecule has 0 atom stereocenters. The summed E-state index contributed by atoms with van der Waals surface area (Å²) in [7, 11) is 1.47. The van der Waals surface area contributed by atoms with Crippen LogP contribution in [0.2, 0.25) is 0 Å². The molecule has 0 aliphatic heterocycles. The van der Waals surface area contributed by atoms with Gasteiger partial charge in [0.25, 0.3) is 0 Å². The average Bonchev–Trinajstić information content (AvgIpc) is 2.72. The van der Waals surface area contributed by atoms with Gasteiger partial charge in [-0.05, 0) is 56.4 Å². The summed E-state index contributed by atoms with van der Waals surface area (Å²) in [6.07, 6.45) is 6.64. The van der Waals surface area contributed by atoms with Gasteiger partial charge in [0.2, 0.25) is 0 Å². The molecule has 0 saturated heterocycles. The Kier molecular flexibility index (Phi) is 8.21. The topological polar surface area (TPSA) is 88.1 Å². The minimum atomic E-state index is -0.554. The molecule has 0 radical (unpaired) electrons. The fourth-order valence-electron chi connectivity index (χ4n) is 3.25. The summed E-state index contributed by atoms with van der Waals surface area (Å²) in [5.74, 6) is -0.450. The fourth-order valence-corrected chi connectivity index (χ4v) is 3.25. The highest BCUT2D eigenvalue weighted by Gasteiger charge is 2.39. The van der Waals surface area contributed by atoms with Crippen molar-refractivity contribution in [2.45, 2.75) is 45.6 Å². The van der Waals surface area contributed by atoms with Gasteiger partial charge in [-0.25, -0.2) is 4.79 Å². The quantitative estimate of drug-likeness (QED) is 0.275. The van der Waals surface area contributed by atoms with Crippen LogP contribution in [0.5, 0.6) is 11.5 Å². The normalized spacial score (nSPS) is 21.0. The second kappa shape index (κ2) is 10.6. The molecule has 7 heteroatoms. The van der Waals surface area contributed by atoms with E-state index in [0.29, 0.717) is 42.7 Å². The molecule has 162 valence electrons. The van der Waals surface area contributed by atoms with Crippen molar-refractivity contribution in [1.82, 2.24) is 0 Å². The van der Waals surface area contributed by atoms with E-state index in [4.69, 9.17) is 18.9 Å². The SMILES string of the molecule is C=CCOC(=O)[C@]1(C)CC[C@@H](OC(=O)C=Cc2ccc(OC(C)=O)c(OC)c2)CC1. The molecule has 7 nitrogen and oxygen atoms in total. The number of hydrogen-bond donors (Lipinski definition) is 0. The van der Waals surface area contributed by atoms with Crippen LogP contribution in [-0.2, 0) is 23.9 Å². The summed E-state index contributed by atoms with van der Waals surface area (Å²) in [5, 5.41) is 0. The van der Waals surface area contributed by atoms with Crippen molar-refractivity contribution in [3.8, 4) is 11.5 Å². The van der Waals surface area contributed by atoms with Crippen LogP contribution in [-0.4, -0.2) is 37.7 Å². The van der Waals surface area contributed by atoms with Gasteiger partial charge in [-0.3, -0.25) is 9.59 Å². The maximum atomic E-state index is 12.2. The summed E-state index contributed by atoms with van der Waals surface area (Å²) in [4.78, 5) is 35.5. The molecule has 1 aliphatic rings. The van der Waals surface area contributed by atoms with E-state index in [2.05, 4.69) is 6.58 Å². The Morgan fingerprint density at radius 3 is 2.50 bits per heavy atom. The number of methoxy groups -OCH3 is 1. The molecule has 1 fully saturated rings. The largest absolute Gasteiger partial charge is 0.493 e. The van der Waals surface area contributed by atoms with Gasteiger partial charge in [0.15, 0.2) is 11.5 Å². The zero-order valence-electron chi connectivity index (χ0n) is 17.6. The van der Waals surface area contributed by atoms with Gasteiger partial charge >= 0.3 is 17.9 Å². The maximum absolute atomic E-state index is 12.2. The molecule has 1 saturated carbocycles. The molecule has 0 amide bonds. The van der Waals surface area contributed by atoms with Crippen molar-refractivity contribution in [3.63, 3.8) is 0 Å². The monoisotopic (exact) mass is 416 g/mol.